The molecule has 140 valence electrons. The van der Waals surface area contributed by atoms with Crippen molar-refractivity contribution in [1.29, 1.82) is 0 Å². The molecule has 0 unspecified atom stereocenters. The van der Waals surface area contributed by atoms with Crippen LogP contribution in [0.4, 0.5) is 0 Å². The molecular formula is C18H34IN3O2. The number of hydrogen-bond donors (Lipinski definition) is 1. The number of carbonyl (C=O) groups is 1. The molecule has 1 aliphatic carbocycles. The highest BCUT2D eigenvalue weighted by Gasteiger charge is 2.30. The van der Waals surface area contributed by atoms with Gasteiger partial charge in [0.25, 0.3) is 0 Å². The van der Waals surface area contributed by atoms with Gasteiger partial charge in [0.15, 0.2) is 5.96 Å². The third-order valence-corrected chi connectivity index (χ3v) is 4.86. The summed E-state index contributed by atoms with van der Waals surface area (Å²) in [5.74, 6) is 1.46. The molecule has 0 aromatic rings. The van der Waals surface area contributed by atoms with Crippen molar-refractivity contribution >= 4 is 35.9 Å². The number of nitrogens with zero attached hydrogens (tertiary/aromatic N) is 2. The highest BCUT2D eigenvalue weighted by Crippen LogP contribution is 2.29. The highest BCUT2D eigenvalue weighted by atomic mass is 127. The van der Waals surface area contributed by atoms with E-state index in [9.17, 15) is 4.79 Å². The Hall–Kier alpha value is -0.530. The van der Waals surface area contributed by atoms with Crippen molar-refractivity contribution in [1.82, 2.24) is 4.90 Å². The van der Waals surface area contributed by atoms with E-state index in [2.05, 4.69) is 11.8 Å². The third-order valence-electron chi connectivity index (χ3n) is 4.86. The Labute approximate surface area is 163 Å². The van der Waals surface area contributed by atoms with Gasteiger partial charge in [-0.15, -0.1) is 24.0 Å². The van der Waals surface area contributed by atoms with Crippen LogP contribution >= 0.6 is 24.0 Å². The lowest BCUT2D eigenvalue weighted by atomic mass is 9.86. The van der Waals surface area contributed by atoms with Crippen molar-refractivity contribution in [2.45, 2.75) is 77.9 Å². The molecule has 1 saturated carbocycles. The van der Waals surface area contributed by atoms with Crippen LogP contribution < -0.4 is 5.73 Å². The van der Waals surface area contributed by atoms with Crippen LogP contribution in [0.1, 0.15) is 66.2 Å². The van der Waals surface area contributed by atoms with Crippen LogP contribution in [-0.4, -0.2) is 41.6 Å². The molecule has 1 saturated heterocycles. The number of hydrogen-bond acceptors (Lipinski definition) is 3. The number of likely N-dealkylation sites (tertiary alicyclic amines) is 1. The molecule has 0 bridgehead atoms. The Kier molecular flexibility index (Phi) is 8.29. The molecule has 24 heavy (non-hydrogen) atoms. The van der Waals surface area contributed by atoms with E-state index in [0.29, 0.717) is 5.96 Å². The minimum atomic E-state index is -0.401. The number of halogens is 1. The third kappa shape index (κ3) is 6.76. The summed E-state index contributed by atoms with van der Waals surface area (Å²) < 4.78 is 5.49. The quantitative estimate of drug-likeness (QED) is 0.302. The maximum Gasteiger partial charge on any atom is 0.309 e. The van der Waals surface area contributed by atoms with E-state index in [1.807, 2.05) is 20.8 Å². The first kappa shape index (κ1) is 21.5. The average molecular weight is 451 g/mol. The maximum absolute atomic E-state index is 12.1. The molecule has 6 heteroatoms. The first-order valence-electron chi connectivity index (χ1n) is 9.05. The number of aliphatic imine (C=N–C) groups is 1. The Balaban J connectivity index is 0.00000288. The number of rotatable bonds is 2. The van der Waals surface area contributed by atoms with Crippen LogP contribution in [-0.2, 0) is 9.53 Å². The van der Waals surface area contributed by atoms with Crippen molar-refractivity contribution in [3.05, 3.63) is 0 Å². The highest BCUT2D eigenvalue weighted by molar-refractivity contribution is 14.0. The predicted molar refractivity (Wildman–Crippen MR) is 109 cm³/mol. The van der Waals surface area contributed by atoms with Gasteiger partial charge < -0.3 is 15.4 Å². The van der Waals surface area contributed by atoms with Crippen molar-refractivity contribution < 1.29 is 9.53 Å². The predicted octanol–water partition coefficient (Wildman–Crippen LogP) is 3.55. The average Bonchev–Trinajstić information content (AvgIpc) is 2.46. The molecule has 2 aliphatic rings. The van der Waals surface area contributed by atoms with Gasteiger partial charge in [-0.05, 0) is 65.2 Å². The fourth-order valence-electron chi connectivity index (χ4n) is 3.33. The van der Waals surface area contributed by atoms with Crippen molar-refractivity contribution in [2.75, 3.05) is 13.1 Å². The first-order chi connectivity index (χ1) is 10.7. The Bertz CT molecular complexity index is 432. The lowest BCUT2D eigenvalue weighted by molar-refractivity contribution is -0.161. The van der Waals surface area contributed by atoms with E-state index in [4.69, 9.17) is 15.5 Å². The zero-order valence-electron chi connectivity index (χ0n) is 15.6. The van der Waals surface area contributed by atoms with E-state index in [0.717, 1.165) is 44.7 Å². The summed E-state index contributed by atoms with van der Waals surface area (Å²) in [5.41, 5.74) is 5.79. The number of piperidine rings is 1. The molecular weight excluding hydrogens is 417 g/mol. The van der Waals surface area contributed by atoms with Crippen molar-refractivity contribution in [3.63, 3.8) is 0 Å². The first-order valence-corrected chi connectivity index (χ1v) is 9.05. The van der Waals surface area contributed by atoms with Crippen molar-refractivity contribution in [3.8, 4) is 0 Å². The van der Waals surface area contributed by atoms with E-state index < -0.39 is 5.60 Å². The Morgan fingerprint density at radius 1 is 1.08 bits per heavy atom. The minimum absolute atomic E-state index is 0. The number of esters is 1. The molecule has 0 amide bonds. The smallest absolute Gasteiger partial charge is 0.309 e. The van der Waals surface area contributed by atoms with E-state index in [1.54, 1.807) is 0 Å². The van der Waals surface area contributed by atoms with Gasteiger partial charge in [-0.3, -0.25) is 4.79 Å². The second-order valence-electron chi connectivity index (χ2n) is 8.20. The molecule has 2 N–H and O–H groups in total. The largest absolute Gasteiger partial charge is 0.460 e. The monoisotopic (exact) mass is 451 g/mol. The number of carbonyl (C=O) groups excluding carboxylic acids is 1. The van der Waals surface area contributed by atoms with Crippen LogP contribution in [0.2, 0.25) is 0 Å². The van der Waals surface area contributed by atoms with Gasteiger partial charge in [-0.25, -0.2) is 4.99 Å². The minimum Gasteiger partial charge on any atom is -0.460 e. The van der Waals surface area contributed by atoms with Crippen LogP contribution in [0.25, 0.3) is 0 Å². The fourth-order valence-corrected chi connectivity index (χ4v) is 3.33. The molecule has 5 nitrogen and oxygen atoms in total. The molecule has 0 radical (unpaired) electrons. The number of ether oxygens (including phenoxy) is 1. The second-order valence-corrected chi connectivity index (χ2v) is 8.20. The van der Waals surface area contributed by atoms with Gasteiger partial charge in [-0.2, -0.15) is 0 Å². The zero-order valence-corrected chi connectivity index (χ0v) is 17.9. The summed E-state index contributed by atoms with van der Waals surface area (Å²) in [6.45, 7) is 10.1. The van der Waals surface area contributed by atoms with Crippen LogP contribution in [0.15, 0.2) is 4.99 Å². The van der Waals surface area contributed by atoms with Gasteiger partial charge in [0.2, 0.25) is 0 Å². The molecule has 0 spiro atoms. The van der Waals surface area contributed by atoms with Gasteiger partial charge in [0.1, 0.15) is 5.60 Å². The van der Waals surface area contributed by atoms with Crippen LogP contribution in [0, 0.1) is 11.8 Å². The lowest BCUT2D eigenvalue weighted by Crippen LogP contribution is -2.43. The van der Waals surface area contributed by atoms with Crippen LogP contribution in [0.5, 0.6) is 0 Å². The molecule has 0 atom stereocenters. The zero-order chi connectivity index (χ0) is 17.0. The number of guanidine groups is 1. The molecule has 1 aliphatic heterocycles. The SMILES string of the molecule is CC1CCN(C(N)=NC2CCC(C(=O)OC(C)(C)C)CC2)CC1.I. The normalized spacial score (nSPS) is 26.7. The summed E-state index contributed by atoms with van der Waals surface area (Å²) in [5, 5.41) is 0. The maximum atomic E-state index is 12.1. The molecule has 2 fully saturated rings. The summed E-state index contributed by atoms with van der Waals surface area (Å²) in [6, 6.07) is 0.257. The summed E-state index contributed by atoms with van der Waals surface area (Å²) in [4.78, 5) is 19.1. The van der Waals surface area contributed by atoms with Gasteiger partial charge >= 0.3 is 5.97 Å². The molecule has 1 heterocycles. The molecule has 2 rings (SSSR count). The van der Waals surface area contributed by atoms with Gasteiger partial charge in [-0.1, -0.05) is 6.92 Å². The lowest BCUT2D eigenvalue weighted by Gasteiger charge is -2.32. The molecule has 0 aromatic carbocycles. The van der Waals surface area contributed by atoms with E-state index in [-0.39, 0.29) is 41.9 Å². The second kappa shape index (κ2) is 9.25. The fraction of sp³-hybridized carbons (Fsp3) is 0.889. The number of nitrogens with two attached hydrogens (primary N) is 1. The topological polar surface area (TPSA) is 67.9 Å². The standard InChI is InChI=1S/C18H33N3O2.HI/c1-13-9-11-21(12-10-13)17(19)20-15-7-5-14(6-8-15)16(22)23-18(2,3)4;/h13-15H,5-12H2,1-4H3,(H2,19,20);1H. The Morgan fingerprint density at radius 3 is 2.12 bits per heavy atom. The van der Waals surface area contributed by atoms with E-state index in [1.165, 1.54) is 12.8 Å². The Morgan fingerprint density at radius 2 is 1.62 bits per heavy atom. The summed E-state index contributed by atoms with van der Waals surface area (Å²) in [6.07, 6.45) is 5.95. The van der Waals surface area contributed by atoms with Crippen molar-refractivity contribution in [2.24, 2.45) is 22.6 Å². The molecule has 0 aromatic heterocycles. The van der Waals surface area contributed by atoms with E-state index >= 15 is 0 Å². The van der Waals surface area contributed by atoms with Gasteiger partial charge in [0.05, 0.1) is 12.0 Å². The summed E-state index contributed by atoms with van der Waals surface area (Å²) in [7, 11) is 0. The van der Waals surface area contributed by atoms with Crippen LogP contribution in [0.3, 0.4) is 0 Å². The summed E-state index contributed by atoms with van der Waals surface area (Å²) >= 11 is 0. The van der Waals surface area contributed by atoms with Gasteiger partial charge in [0, 0.05) is 13.1 Å².